The van der Waals surface area contributed by atoms with Gasteiger partial charge in [-0.2, -0.15) is 11.8 Å². The first kappa shape index (κ1) is 11.4. The van der Waals surface area contributed by atoms with Crippen molar-refractivity contribution in [3.8, 4) is 0 Å². The lowest BCUT2D eigenvalue weighted by atomic mass is 10.3. The standard InChI is InChI=1S/C7H14N2O2S/c1-4-6(12-3)7(10)9(2)5-8-11/h6H,4-5H2,1-3H3. The van der Waals surface area contributed by atoms with Crippen LogP contribution in [0.3, 0.4) is 0 Å². The summed E-state index contributed by atoms with van der Waals surface area (Å²) in [6.45, 7) is 1.89. The Morgan fingerprint density at radius 1 is 1.67 bits per heavy atom. The maximum Gasteiger partial charge on any atom is 0.236 e. The number of carbonyl (C=O) groups is 1. The quantitative estimate of drug-likeness (QED) is 0.614. The van der Waals surface area contributed by atoms with E-state index < -0.39 is 0 Å². The van der Waals surface area contributed by atoms with Gasteiger partial charge in [0.1, 0.15) is 0 Å². The van der Waals surface area contributed by atoms with Crippen molar-refractivity contribution < 1.29 is 4.79 Å². The Morgan fingerprint density at radius 3 is 2.58 bits per heavy atom. The van der Waals surface area contributed by atoms with Crippen LogP contribution in [0.5, 0.6) is 0 Å². The molecule has 0 radical (unpaired) electrons. The maximum absolute atomic E-state index is 11.4. The van der Waals surface area contributed by atoms with E-state index in [-0.39, 0.29) is 17.8 Å². The minimum absolute atomic E-state index is 0.0235. The van der Waals surface area contributed by atoms with Crippen LogP contribution in [0, 0.1) is 4.91 Å². The van der Waals surface area contributed by atoms with Crippen molar-refractivity contribution in [2.45, 2.75) is 18.6 Å². The van der Waals surface area contributed by atoms with E-state index in [1.165, 1.54) is 16.7 Å². The van der Waals surface area contributed by atoms with Gasteiger partial charge in [0.15, 0.2) is 6.67 Å². The molecule has 0 aromatic rings. The van der Waals surface area contributed by atoms with Crippen molar-refractivity contribution >= 4 is 17.7 Å². The zero-order valence-corrected chi connectivity index (χ0v) is 8.43. The third-order valence-electron chi connectivity index (χ3n) is 1.58. The second-order valence-corrected chi connectivity index (χ2v) is 3.48. The number of nitroso groups, excluding NO2 is 1. The normalized spacial score (nSPS) is 12.2. The lowest BCUT2D eigenvalue weighted by molar-refractivity contribution is -0.129. The molecule has 1 amide bonds. The van der Waals surface area contributed by atoms with Crippen molar-refractivity contribution in [2.75, 3.05) is 20.0 Å². The summed E-state index contributed by atoms with van der Waals surface area (Å²) in [6.07, 6.45) is 2.66. The number of hydrogen-bond donors (Lipinski definition) is 0. The summed E-state index contributed by atoms with van der Waals surface area (Å²) in [5.41, 5.74) is 0. The van der Waals surface area contributed by atoms with E-state index in [1.807, 2.05) is 13.2 Å². The molecule has 1 unspecified atom stereocenters. The molecule has 0 aromatic carbocycles. The van der Waals surface area contributed by atoms with Gasteiger partial charge in [-0.25, -0.2) is 0 Å². The predicted octanol–water partition coefficient (Wildman–Crippen LogP) is 1.31. The Morgan fingerprint density at radius 2 is 2.25 bits per heavy atom. The van der Waals surface area contributed by atoms with E-state index in [9.17, 15) is 9.70 Å². The van der Waals surface area contributed by atoms with Crippen LogP contribution in [0.1, 0.15) is 13.3 Å². The van der Waals surface area contributed by atoms with Gasteiger partial charge in [-0.1, -0.05) is 6.92 Å². The molecule has 0 aromatic heterocycles. The van der Waals surface area contributed by atoms with Gasteiger partial charge >= 0.3 is 0 Å². The molecule has 0 saturated heterocycles. The van der Waals surface area contributed by atoms with Crippen LogP contribution in [0.25, 0.3) is 0 Å². The molecule has 0 fully saturated rings. The van der Waals surface area contributed by atoms with Crippen molar-refractivity contribution in [1.29, 1.82) is 0 Å². The van der Waals surface area contributed by atoms with Crippen LogP contribution in [-0.2, 0) is 4.79 Å². The molecule has 0 N–H and O–H groups in total. The Bertz CT molecular complexity index is 159. The fourth-order valence-corrected chi connectivity index (χ4v) is 1.56. The fourth-order valence-electron chi connectivity index (χ4n) is 0.844. The Kier molecular flexibility index (Phi) is 5.70. The number of thioether (sulfide) groups is 1. The van der Waals surface area contributed by atoms with Gasteiger partial charge in [-0.3, -0.25) is 4.79 Å². The van der Waals surface area contributed by atoms with Crippen LogP contribution in [0.4, 0.5) is 0 Å². The molecule has 0 bridgehead atoms. The number of carbonyl (C=O) groups excluding carboxylic acids is 1. The van der Waals surface area contributed by atoms with Gasteiger partial charge in [0.25, 0.3) is 0 Å². The van der Waals surface area contributed by atoms with Crippen LogP contribution in [0.2, 0.25) is 0 Å². The highest BCUT2D eigenvalue weighted by atomic mass is 32.2. The Balaban J connectivity index is 4.05. The highest BCUT2D eigenvalue weighted by Gasteiger charge is 2.18. The summed E-state index contributed by atoms with van der Waals surface area (Å²) in [5, 5.41) is 2.61. The second kappa shape index (κ2) is 5.99. The Labute approximate surface area is 76.7 Å². The highest BCUT2D eigenvalue weighted by molar-refractivity contribution is 7.99. The molecule has 0 heterocycles. The first-order valence-electron chi connectivity index (χ1n) is 3.74. The van der Waals surface area contributed by atoms with Crippen molar-refractivity contribution in [3.05, 3.63) is 4.91 Å². The van der Waals surface area contributed by atoms with Crippen molar-refractivity contribution in [1.82, 2.24) is 4.90 Å². The monoisotopic (exact) mass is 190 g/mol. The van der Waals surface area contributed by atoms with E-state index in [0.29, 0.717) is 0 Å². The first-order chi connectivity index (χ1) is 5.67. The number of nitrogens with zero attached hydrogens (tertiary/aromatic N) is 2. The molecular formula is C7H14N2O2S. The minimum atomic E-state index is -0.0596. The average molecular weight is 190 g/mol. The molecule has 0 aliphatic carbocycles. The molecule has 0 rings (SSSR count). The number of hydrogen-bond acceptors (Lipinski definition) is 4. The van der Waals surface area contributed by atoms with Crippen LogP contribution in [-0.4, -0.2) is 36.0 Å². The molecule has 5 heteroatoms. The van der Waals surface area contributed by atoms with Gasteiger partial charge in [0.05, 0.1) is 5.25 Å². The predicted molar refractivity (Wildman–Crippen MR) is 51.0 cm³/mol. The zero-order chi connectivity index (χ0) is 9.56. The summed E-state index contributed by atoms with van der Waals surface area (Å²) >= 11 is 1.50. The number of rotatable bonds is 5. The Hall–Kier alpha value is -0.580. The molecular weight excluding hydrogens is 176 g/mol. The SMILES string of the molecule is CCC(SC)C(=O)N(C)CN=O. The molecule has 0 spiro atoms. The molecule has 4 nitrogen and oxygen atoms in total. The molecule has 70 valence electrons. The topological polar surface area (TPSA) is 49.7 Å². The van der Waals surface area contributed by atoms with Gasteiger partial charge < -0.3 is 4.90 Å². The van der Waals surface area contributed by atoms with Crippen LogP contribution in [0.15, 0.2) is 5.18 Å². The number of amides is 1. The maximum atomic E-state index is 11.4. The third-order valence-corrected chi connectivity index (χ3v) is 2.68. The molecule has 0 aliphatic rings. The van der Waals surface area contributed by atoms with Gasteiger partial charge in [0, 0.05) is 7.05 Å². The second-order valence-electron chi connectivity index (χ2n) is 2.44. The van der Waals surface area contributed by atoms with E-state index >= 15 is 0 Å². The van der Waals surface area contributed by atoms with E-state index in [2.05, 4.69) is 5.18 Å². The van der Waals surface area contributed by atoms with Gasteiger partial charge in [-0.05, 0) is 17.9 Å². The summed E-state index contributed by atoms with van der Waals surface area (Å²) < 4.78 is 0. The lowest BCUT2D eigenvalue weighted by Gasteiger charge is -2.18. The van der Waals surface area contributed by atoms with Gasteiger partial charge in [-0.15, -0.1) is 4.91 Å². The third kappa shape index (κ3) is 3.21. The van der Waals surface area contributed by atoms with Gasteiger partial charge in [0.2, 0.25) is 5.91 Å². The van der Waals surface area contributed by atoms with E-state index in [1.54, 1.807) is 7.05 Å². The first-order valence-corrected chi connectivity index (χ1v) is 5.03. The molecule has 1 atom stereocenters. The van der Waals surface area contributed by atoms with E-state index in [0.717, 1.165) is 6.42 Å². The van der Waals surface area contributed by atoms with Crippen LogP contribution < -0.4 is 0 Å². The molecule has 0 saturated carbocycles. The summed E-state index contributed by atoms with van der Waals surface area (Å²) in [7, 11) is 1.59. The minimum Gasteiger partial charge on any atom is -0.322 e. The fraction of sp³-hybridized carbons (Fsp3) is 0.857. The summed E-state index contributed by atoms with van der Waals surface area (Å²) in [6, 6.07) is 0. The molecule has 12 heavy (non-hydrogen) atoms. The summed E-state index contributed by atoms with van der Waals surface area (Å²) in [5.74, 6) is -0.0235. The molecule has 0 aliphatic heterocycles. The smallest absolute Gasteiger partial charge is 0.236 e. The largest absolute Gasteiger partial charge is 0.322 e. The average Bonchev–Trinajstić information content (AvgIpc) is 2.07. The zero-order valence-electron chi connectivity index (χ0n) is 7.61. The summed E-state index contributed by atoms with van der Waals surface area (Å²) in [4.78, 5) is 22.6. The van der Waals surface area contributed by atoms with Crippen LogP contribution >= 0.6 is 11.8 Å². The van der Waals surface area contributed by atoms with Crippen molar-refractivity contribution in [2.24, 2.45) is 5.18 Å². The van der Waals surface area contributed by atoms with E-state index in [4.69, 9.17) is 0 Å². The lowest BCUT2D eigenvalue weighted by Crippen LogP contribution is -2.34. The van der Waals surface area contributed by atoms with Crippen molar-refractivity contribution in [3.63, 3.8) is 0 Å². The highest BCUT2D eigenvalue weighted by Crippen LogP contribution is 2.12.